The molecule has 0 unspecified atom stereocenters. The van der Waals surface area contributed by atoms with Crippen molar-refractivity contribution in [2.45, 2.75) is 12.7 Å². The fourth-order valence-electron chi connectivity index (χ4n) is 1.85. The minimum Gasteiger partial charge on any atom is -0.333 e. The molecule has 10 heteroatoms. The lowest BCUT2D eigenvalue weighted by Gasteiger charge is -2.19. The van der Waals surface area contributed by atoms with E-state index in [4.69, 9.17) is 4.84 Å². The van der Waals surface area contributed by atoms with E-state index < -0.39 is 18.1 Å². The van der Waals surface area contributed by atoms with Gasteiger partial charge in [0.1, 0.15) is 0 Å². The van der Waals surface area contributed by atoms with Crippen LogP contribution in [0, 0.1) is 0 Å². The summed E-state index contributed by atoms with van der Waals surface area (Å²) < 4.78 is 41.6. The Morgan fingerprint density at radius 3 is 2.60 bits per heavy atom. The highest BCUT2D eigenvalue weighted by atomic mass is 19.4. The smallest absolute Gasteiger partial charge is 0.333 e. The van der Waals surface area contributed by atoms with Crippen LogP contribution in [0.4, 0.5) is 18.0 Å². The lowest BCUT2D eigenvalue weighted by atomic mass is 10.1. The number of aromatic nitrogens is 2. The molecule has 1 N–H and O–H groups in total. The van der Waals surface area contributed by atoms with E-state index in [1.807, 2.05) is 0 Å². The Hall–Kier alpha value is -2.88. The van der Waals surface area contributed by atoms with Gasteiger partial charge in [0.05, 0.1) is 13.7 Å². The van der Waals surface area contributed by atoms with Gasteiger partial charge in [0.2, 0.25) is 5.82 Å². The molecule has 7 nitrogen and oxygen atoms in total. The number of carbonyl (C=O) groups is 1. The molecule has 134 valence electrons. The van der Waals surface area contributed by atoms with Crippen molar-refractivity contribution in [2.75, 3.05) is 13.7 Å². The number of nitrogens with one attached hydrogen (secondary N) is 1. The summed E-state index contributed by atoms with van der Waals surface area (Å²) in [4.78, 5) is 20.1. The largest absolute Gasteiger partial charge is 0.471 e. The average Bonchev–Trinajstić information content (AvgIpc) is 3.08. The SMILES string of the molecule is C=CCNC(=O)N(Cc1ccc(-c2noc(C(F)(F)F)n2)cc1)OC. The van der Waals surface area contributed by atoms with Crippen LogP contribution >= 0.6 is 0 Å². The number of hydrogen-bond acceptors (Lipinski definition) is 5. The van der Waals surface area contributed by atoms with Crippen LogP contribution in [-0.2, 0) is 17.6 Å². The Labute approximate surface area is 141 Å². The Bertz CT molecular complexity index is 728. The van der Waals surface area contributed by atoms with Gasteiger partial charge in [-0.25, -0.2) is 4.79 Å². The third-order valence-electron chi connectivity index (χ3n) is 3.05. The molecule has 0 spiro atoms. The summed E-state index contributed by atoms with van der Waals surface area (Å²) in [7, 11) is 1.35. The van der Waals surface area contributed by atoms with Gasteiger partial charge in [-0.2, -0.15) is 23.2 Å². The number of hydrogen-bond donors (Lipinski definition) is 1. The van der Waals surface area contributed by atoms with Crippen molar-refractivity contribution in [1.82, 2.24) is 20.5 Å². The molecule has 0 fully saturated rings. The van der Waals surface area contributed by atoms with E-state index in [1.165, 1.54) is 25.3 Å². The number of rotatable bonds is 6. The lowest BCUT2D eigenvalue weighted by Crippen LogP contribution is -2.38. The summed E-state index contributed by atoms with van der Waals surface area (Å²) in [6, 6.07) is 5.84. The number of urea groups is 1. The summed E-state index contributed by atoms with van der Waals surface area (Å²) in [6.07, 6.45) is -3.16. The van der Waals surface area contributed by atoms with Crippen molar-refractivity contribution in [3.63, 3.8) is 0 Å². The van der Waals surface area contributed by atoms with Gasteiger partial charge in [-0.3, -0.25) is 4.84 Å². The third kappa shape index (κ3) is 4.80. The van der Waals surface area contributed by atoms with Gasteiger partial charge in [0.25, 0.3) is 0 Å². The molecule has 0 saturated heterocycles. The van der Waals surface area contributed by atoms with Crippen molar-refractivity contribution in [3.05, 3.63) is 48.4 Å². The second-order valence-corrected chi connectivity index (χ2v) is 4.81. The zero-order valence-electron chi connectivity index (χ0n) is 13.2. The highest BCUT2D eigenvalue weighted by Crippen LogP contribution is 2.29. The number of hydroxylamine groups is 2. The van der Waals surface area contributed by atoms with Crippen molar-refractivity contribution in [2.24, 2.45) is 0 Å². The first-order chi connectivity index (χ1) is 11.8. The van der Waals surface area contributed by atoms with Crippen LogP contribution in [0.5, 0.6) is 0 Å². The van der Waals surface area contributed by atoms with E-state index in [2.05, 4.69) is 26.6 Å². The molecule has 0 aliphatic carbocycles. The molecule has 0 aliphatic heterocycles. The number of benzene rings is 1. The highest BCUT2D eigenvalue weighted by Gasteiger charge is 2.38. The van der Waals surface area contributed by atoms with Crippen LogP contribution < -0.4 is 5.32 Å². The lowest BCUT2D eigenvalue weighted by molar-refractivity contribution is -0.159. The molecule has 2 amide bonds. The van der Waals surface area contributed by atoms with Gasteiger partial charge in [-0.15, -0.1) is 6.58 Å². The Balaban J connectivity index is 2.07. The third-order valence-corrected chi connectivity index (χ3v) is 3.05. The van der Waals surface area contributed by atoms with Gasteiger partial charge in [-0.05, 0) is 5.56 Å². The maximum absolute atomic E-state index is 12.5. The van der Waals surface area contributed by atoms with Crippen LogP contribution in [0.3, 0.4) is 0 Å². The topological polar surface area (TPSA) is 80.5 Å². The monoisotopic (exact) mass is 356 g/mol. The van der Waals surface area contributed by atoms with Crippen LogP contribution in [0.1, 0.15) is 11.5 Å². The van der Waals surface area contributed by atoms with Crippen molar-refractivity contribution in [3.8, 4) is 11.4 Å². The molecule has 0 radical (unpaired) electrons. The Kier molecular flexibility index (Phi) is 5.75. The molecule has 2 rings (SSSR count). The average molecular weight is 356 g/mol. The zero-order chi connectivity index (χ0) is 18.4. The van der Waals surface area contributed by atoms with E-state index in [9.17, 15) is 18.0 Å². The molecule has 0 atom stereocenters. The van der Waals surface area contributed by atoms with E-state index in [0.29, 0.717) is 11.1 Å². The summed E-state index contributed by atoms with van der Waals surface area (Å²) in [6.45, 7) is 3.92. The van der Waals surface area contributed by atoms with Crippen LogP contribution in [0.2, 0.25) is 0 Å². The van der Waals surface area contributed by atoms with E-state index in [-0.39, 0.29) is 18.9 Å². The first-order valence-electron chi connectivity index (χ1n) is 7.05. The predicted octanol–water partition coefficient (Wildman–Crippen LogP) is 3.01. The number of amides is 2. The molecule has 2 aromatic rings. The standard InChI is InChI=1S/C15H15F3N4O3/c1-3-8-19-14(23)22(24-2)9-10-4-6-11(7-5-10)12-20-13(25-21-12)15(16,17)18/h3-7H,1,8-9H2,2H3,(H,19,23). The molecular formula is C15H15F3N4O3. The van der Waals surface area contributed by atoms with Crippen LogP contribution in [0.15, 0.2) is 41.4 Å². The molecule has 25 heavy (non-hydrogen) atoms. The Morgan fingerprint density at radius 1 is 1.40 bits per heavy atom. The fourth-order valence-corrected chi connectivity index (χ4v) is 1.85. The second-order valence-electron chi connectivity index (χ2n) is 4.81. The molecule has 0 bridgehead atoms. The number of alkyl halides is 3. The normalized spacial score (nSPS) is 11.2. The van der Waals surface area contributed by atoms with Crippen molar-refractivity contribution >= 4 is 6.03 Å². The summed E-state index contributed by atoms with van der Waals surface area (Å²) in [5, 5.41) is 6.96. The maximum atomic E-state index is 12.5. The fraction of sp³-hybridized carbons (Fsp3) is 0.267. The van der Waals surface area contributed by atoms with Gasteiger partial charge >= 0.3 is 18.1 Å². The first-order valence-corrected chi connectivity index (χ1v) is 7.05. The van der Waals surface area contributed by atoms with Gasteiger partial charge in [0, 0.05) is 12.1 Å². The second kappa shape index (κ2) is 7.79. The molecule has 1 heterocycles. The predicted molar refractivity (Wildman–Crippen MR) is 80.9 cm³/mol. The van der Waals surface area contributed by atoms with E-state index >= 15 is 0 Å². The van der Waals surface area contributed by atoms with Gasteiger partial charge < -0.3 is 9.84 Å². The molecule has 1 aromatic heterocycles. The first kappa shape index (κ1) is 18.5. The maximum Gasteiger partial charge on any atom is 0.471 e. The van der Waals surface area contributed by atoms with Crippen LogP contribution in [-0.4, -0.2) is 34.9 Å². The van der Waals surface area contributed by atoms with Gasteiger partial charge in [0.15, 0.2) is 0 Å². The summed E-state index contributed by atoms with van der Waals surface area (Å²) in [5.41, 5.74) is 1.04. The Morgan fingerprint density at radius 2 is 2.08 bits per heavy atom. The zero-order valence-corrected chi connectivity index (χ0v) is 13.2. The number of halogens is 3. The van der Waals surface area contributed by atoms with E-state index in [1.54, 1.807) is 12.1 Å². The molecule has 0 aliphatic rings. The highest BCUT2D eigenvalue weighted by molar-refractivity contribution is 5.73. The number of carbonyl (C=O) groups excluding carboxylic acids is 1. The minimum atomic E-state index is -4.69. The molecular weight excluding hydrogens is 341 g/mol. The summed E-state index contributed by atoms with van der Waals surface area (Å²) >= 11 is 0. The van der Waals surface area contributed by atoms with Crippen molar-refractivity contribution < 1.29 is 27.3 Å². The van der Waals surface area contributed by atoms with Crippen molar-refractivity contribution in [1.29, 1.82) is 0 Å². The van der Waals surface area contributed by atoms with Gasteiger partial charge in [-0.1, -0.05) is 35.5 Å². The number of nitrogens with zero attached hydrogens (tertiary/aromatic N) is 3. The molecule has 0 saturated carbocycles. The minimum absolute atomic E-state index is 0.139. The van der Waals surface area contributed by atoms with E-state index in [0.717, 1.165) is 5.06 Å². The summed E-state index contributed by atoms with van der Waals surface area (Å²) in [5.74, 6) is -1.58. The molecule has 1 aromatic carbocycles. The quantitative estimate of drug-likeness (QED) is 0.636. The van der Waals surface area contributed by atoms with Crippen LogP contribution in [0.25, 0.3) is 11.4 Å².